The number of nitrogens with zero attached hydrogens (tertiary/aromatic N) is 1. The van der Waals surface area contributed by atoms with Crippen LogP contribution in [0.5, 0.6) is 5.75 Å². The predicted octanol–water partition coefficient (Wildman–Crippen LogP) is 1.84. The lowest BCUT2D eigenvalue weighted by Crippen LogP contribution is -2.27. The second kappa shape index (κ2) is 5.30. The fourth-order valence-electron chi connectivity index (χ4n) is 2.11. The molecule has 1 aliphatic rings. The van der Waals surface area contributed by atoms with Crippen molar-refractivity contribution in [3.8, 4) is 5.75 Å². The number of carbonyl (C=O) groups is 2. The molecular formula is C14H17NO4. The summed E-state index contributed by atoms with van der Waals surface area (Å²) in [6.45, 7) is 1.86. The zero-order valence-electron chi connectivity index (χ0n) is 11.0. The van der Waals surface area contributed by atoms with Gasteiger partial charge in [0.2, 0.25) is 5.91 Å². The van der Waals surface area contributed by atoms with Gasteiger partial charge in [0.15, 0.2) is 0 Å². The molecule has 1 atom stereocenters. The van der Waals surface area contributed by atoms with Crippen LogP contribution in [0.15, 0.2) is 18.2 Å². The Kier molecular flexibility index (Phi) is 3.74. The average molecular weight is 263 g/mol. The van der Waals surface area contributed by atoms with E-state index in [9.17, 15) is 9.59 Å². The molecule has 19 heavy (non-hydrogen) atoms. The van der Waals surface area contributed by atoms with Crippen LogP contribution in [0.1, 0.15) is 25.3 Å². The molecule has 0 saturated heterocycles. The fourth-order valence-corrected chi connectivity index (χ4v) is 2.11. The monoisotopic (exact) mass is 263 g/mol. The highest BCUT2D eigenvalue weighted by atomic mass is 16.5. The molecule has 1 N–H and O–H groups in total. The number of benzene rings is 1. The van der Waals surface area contributed by atoms with Crippen LogP contribution in [0.4, 0.5) is 5.69 Å². The molecule has 5 nitrogen and oxygen atoms in total. The van der Waals surface area contributed by atoms with Crippen molar-refractivity contribution < 1.29 is 19.4 Å². The summed E-state index contributed by atoms with van der Waals surface area (Å²) >= 11 is 0. The van der Waals surface area contributed by atoms with E-state index in [1.807, 2.05) is 19.1 Å². The molecule has 1 aliphatic heterocycles. The molecule has 102 valence electrons. The largest absolute Gasteiger partial charge is 0.488 e. The Balaban J connectivity index is 2.29. The minimum Gasteiger partial charge on any atom is -0.488 e. The van der Waals surface area contributed by atoms with Crippen molar-refractivity contribution >= 4 is 17.6 Å². The summed E-state index contributed by atoms with van der Waals surface area (Å²) in [4.78, 5) is 24.1. The predicted molar refractivity (Wildman–Crippen MR) is 70.5 cm³/mol. The lowest BCUT2D eigenvalue weighted by Gasteiger charge is -2.17. The van der Waals surface area contributed by atoms with Crippen LogP contribution in [-0.2, 0) is 16.0 Å². The summed E-state index contributed by atoms with van der Waals surface area (Å²) < 4.78 is 5.70. The zero-order chi connectivity index (χ0) is 14.0. The Morgan fingerprint density at radius 3 is 2.95 bits per heavy atom. The average Bonchev–Trinajstić information content (AvgIpc) is 2.45. The van der Waals surface area contributed by atoms with Crippen LogP contribution in [0, 0.1) is 0 Å². The van der Waals surface area contributed by atoms with Crippen molar-refractivity contribution in [1.29, 1.82) is 0 Å². The number of carbonyl (C=O) groups excluding carboxylic acids is 1. The number of carboxylic acid groups (broad SMARTS) is 1. The first-order chi connectivity index (χ1) is 8.97. The Bertz CT molecular complexity index is 512. The number of fused-ring (bicyclic) bond motifs is 1. The van der Waals surface area contributed by atoms with E-state index in [1.165, 1.54) is 0 Å². The van der Waals surface area contributed by atoms with E-state index in [4.69, 9.17) is 9.84 Å². The van der Waals surface area contributed by atoms with Crippen LogP contribution in [0.25, 0.3) is 0 Å². The molecule has 0 aliphatic carbocycles. The van der Waals surface area contributed by atoms with Gasteiger partial charge in [0.25, 0.3) is 0 Å². The summed E-state index contributed by atoms with van der Waals surface area (Å²) in [5, 5.41) is 8.70. The Labute approximate surface area is 111 Å². The molecule has 5 heteroatoms. The molecule has 0 spiro atoms. The van der Waals surface area contributed by atoms with Gasteiger partial charge in [0, 0.05) is 13.5 Å². The number of ether oxygens (including phenoxy) is 1. The van der Waals surface area contributed by atoms with Crippen molar-refractivity contribution in [3.05, 3.63) is 23.8 Å². The summed E-state index contributed by atoms with van der Waals surface area (Å²) in [7, 11) is 1.71. The molecule has 1 aromatic carbocycles. The first kappa shape index (κ1) is 13.4. The minimum absolute atomic E-state index is 0.00151. The summed E-state index contributed by atoms with van der Waals surface area (Å²) in [6, 6.07) is 5.48. The summed E-state index contributed by atoms with van der Waals surface area (Å²) in [5.41, 5.74) is 1.59. The summed E-state index contributed by atoms with van der Waals surface area (Å²) in [6.07, 6.45) is 0.713. The smallest absolute Gasteiger partial charge is 0.303 e. The van der Waals surface area contributed by atoms with Gasteiger partial charge in [0.05, 0.1) is 12.1 Å². The van der Waals surface area contributed by atoms with Gasteiger partial charge >= 0.3 is 5.97 Å². The molecule has 1 unspecified atom stereocenters. The normalized spacial score (nSPS) is 18.5. The maximum absolute atomic E-state index is 11.9. The van der Waals surface area contributed by atoms with E-state index in [0.29, 0.717) is 24.3 Å². The second-order valence-corrected chi connectivity index (χ2v) is 4.78. The number of aryl methyl sites for hydroxylation is 1. The van der Waals surface area contributed by atoms with Crippen molar-refractivity contribution in [2.75, 3.05) is 11.9 Å². The van der Waals surface area contributed by atoms with Crippen LogP contribution >= 0.6 is 0 Å². The number of anilines is 1. The van der Waals surface area contributed by atoms with Gasteiger partial charge in [-0.05, 0) is 31.0 Å². The maximum Gasteiger partial charge on any atom is 0.303 e. The van der Waals surface area contributed by atoms with E-state index in [-0.39, 0.29) is 18.4 Å². The highest BCUT2D eigenvalue weighted by Gasteiger charge is 2.24. The van der Waals surface area contributed by atoms with Gasteiger partial charge in [-0.2, -0.15) is 0 Å². The maximum atomic E-state index is 11.9. The van der Waals surface area contributed by atoms with Gasteiger partial charge in [-0.25, -0.2) is 0 Å². The van der Waals surface area contributed by atoms with Gasteiger partial charge in [-0.15, -0.1) is 0 Å². The number of hydrogen-bond donors (Lipinski definition) is 1. The van der Waals surface area contributed by atoms with E-state index in [0.717, 1.165) is 5.56 Å². The van der Waals surface area contributed by atoms with E-state index in [1.54, 1.807) is 18.0 Å². The third-order valence-electron chi connectivity index (χ3n) is 3.18. The van der Waals surface area contributed by atoms with Gasteiger partial charge in [-0.1, -0.05) is 6.07 Å². The highest BCUT2D eigenvalue weighted by molar-refractivity contribution is 5.95. The zero-order valence-corrected chi connectivity index (χ0v) is 11.0. The van der Waals surface area contributed by atoms with Gasteiger partial charge in [0.1, 0.15) is 11.9 Å². The first-order valence-electron chi connectivity index (χ1n) is 6.25. The third kappa shape index (κ3) is 3.05. The van der Waals surface area contributed by atoms with Gasteiger partial charge in [-0.3, -0.25) is 9.59 Å². The van der Waals surface area contributed by atoms with Crippen molar-refractivity contribution in [3.63, 3.8) is 0 Å². The lowest BCUT2D eigenvalue weighted by atomic mass is 10.1. The molecule has 0 saturated carbocycles. The highest BCUT2D eigenvalue weighted by Crippen LogP contribution is 2.33. The SMILES string of the molecule is CC1CC(=O)N(C)c2cc(CCC(=O)O)ccc2O1. The molecule has 0 fully saturated rings. The number of hydrogen-bond acceptors (Lipinski definition) is 3. The Hall–Kier alpha value is -2.04. The number of aliphatic carboxylic acids is 1. The molecule has 1 amide bonds. The molecule has 0 radical (unpaired) electrons. The van der Waals surface area contributed by atoms with E-state index < -0.39 is 5.97 Å². The second-order valence-electron chi connectivity index (χ2n) is 4.78. The van der Waals surface area contributed by atoms with E-state index >= 15 is 0 Å². The number of amides is 1. The molecule has 0 bridgehead atoms. The standard InChI is InChI=1S/C14H17NO4/c1-9-7-13(16)15(2)11-8-10(4-6-14(17)18)3-5-12(11)19-9/h3,5,8-9H,4,6-7H2,1-2H3,(H,17,18). The van der Waals surface area contributed by atoms with Crippen molar-refractivity contribution in [1.82, 2.24) is 0 Å². The molecular weight excluding hydrogens is 246 g/mol. The van der Waals surface area contributed by atoms with Crippen LogP contribution < -0.4 is 9.64 Å². The molecule has 1 aromatic rings. The Morgan fingerprint density at radius 1 is 1.53 bits per heavy atom. The fraction of sp³-hybridized carbons (Fsp3) is 0.429. The topological polar surface area (TPSA) is 66.8 Å². The van der Waals surface area contributed by atoms with Crippen LogP contribution in [0.3, 0.4) is 0 Å². The lowest BCUT2D eigenvalue weighted by molar-refractivity contribution is -0.137. The number of carboxylic acids is 1. The summed E-state index contributed by atoms with van der Waals surface area (Å²) in [5.74, 6) is -0.161. The number of rotatable bonds is 3. The van der Waals surface area contributed by atoms with Crippen molar-refractivity contribution in [2.24, 2.45) is 0 Å². The van der Waals surface area contributed by atoms with Gasteiger partial charge < -0.3 is 14.7 Å². The molecule has 2 rings (SSSR count). The quantitative estimate of drug-likeness (QED) is 0.903. The Morgan fingerprint density at radius 2 is 2.26 bits per heavy atom. The van der Waals surface area contributed by atoms with Crippen LogP contribution in [0.2, 0.25) is 0 Å². The minimum atomic E-state index is -0.829. The molecule has 0 aromatic heterocycles. The van der Waals surface area contributed by atoms with Crippen molar-refractivity contribution in [2.45, 2.75) is 32.3 Å². The first-order valence-corrected chi connectivity index (χ1v) is 6.25. The third-order valence-corrected chi connectivity index (χ3v) is 3.18. The van der Waals surface area contributed by atoms with E-state index in [2.05, 4.69) is 0 Å². The molecule has 1 heterocycles. The van der Waals surface area contributed by atoms with Crippen LogP contribution in [-0.4, -0.2) is 30.1 Å².